The molecular weight excluding hydrogens is 306 g/mol. The van der Waals surface area contributed by atoms with Crippen LogP contribution in [0.3, 0.4) is 0 Å². The zero-order valence-corrected chi connectivity index (χ0v) is 13.9. The van der Waals surface area contributed by atoms with Crippen LogP contribution in [0.25, 0.3) is 0 Å². The Morgan fingerprint density at radius 2 is 2.12 bits per heavy atom. The lowest BCUT2D eigenvalue weighted by Crippen LogP contribution is -2.36. The molecule has 0 fully saturated rings. The van der Waals surface area contributed by atoms with Gasteiger partial charge < -0.3 is 19.9 Å². The molecule has 1 aromatic carbocycles. The summed E-state index contributed by atoms with van der Waals surface area (Å²) in [5.41, 5.74) is 1.03. The summed E-state index contributed by atoms with van der Waals surface area (Å²) in [6, 6.07) is 9.57. The van der Waals surface area contributed by atoms with Gasteiger partial charge in [-0.15, -0.1) is 0 Å². The van der Waals surface area contributed by atoms with E-state index in [1.54, 1.807) is 11.1 Å². The molecular formula is C17H21N5O2. The number of carbonyl (C=O) groups excluding carboxylic acids is 1. The minimum Gasteiger partial charge on any atom is -0.483 e. The monoisotopic (exact) mass is 327 g/mol. The van der Waals surface area contributed by atoms with Gasteiger partial charge in [-0.1, -0.05) is 18.2 Å². The molecule has 7 nitrogen and oxygen atoms in total. The fourth-order valence-electron chi connectivity index (χ4n) is 2.48. The van der Waals surface area contributed by atoms with E-state index in [1.807, 2.05) is 49.3 Å². The fourth-order valence-corrected chi connectivity index (χ4v) is 2.48. The van der Waals surface area contributed by atoms with Crippen LogP contribution in [0.15, 0.2) is 36.5 Å². The molecule has 24 heavy (non-hydrogen) atoms. The maximum Gasteiger partial charge on any atom is 0.260 e. The number of fused-ring (bicyclic) bond motifs is 1. The summed E-state index contributed by atoms with van der Waals surface area (Å²) in [5, 5.41) is 3.24. The van der Waals surface area contributed by atoms with Crippen LogP contribution in [0.5, 0.6) is 5.75 Å². The standard InChI is InChI=1S/C17H21N5O2/c1-21(2)17-19-8-7-15(20-17)18-9-10-22-11-13-5-3-4-6-14(13)24-12-16(22)23/h3-8H,9-12H2,1-2H3,(H,18,19,20). The molecule has 2 heterocycles. The van der Waals surface area contributed by atoms with Gasteiger partial charge in [-0.05, 0) is 12.1 Å². The van der Waals surface area contributed by atoms with Crippen LogP contribution in [0.1, 0.15) is 5.56 Å². The van der Waals surface area contributed by atoms with E-state index in [0.29, 0.717) is 25.6 Å². The summed E-state index contributed by atoms with van der Waals surface area (Å²) in [6.45, 7) is 1.83. The number of benzene rings is 1. The number of amides is 1. The smallest absolute Gasteiger partial charge is 0.260 e. The van der Waals surface area contributed by atoms with E-state index in [9.17, 15) is 4.79 Å². The Balaban J connectivity index is 1.60. The van der Waals surface area contributed by atoms with Crippen molar-refractivity contribution in [2.24, 2.45) is 0 Å². The van der Waals surface area contributed by atoms with E-state index in [0.717, 1.165) is 17.1 Å². The Morgan fingerprint density at radius 1 is 1.29 bits per heavy atom. The van der Waals surface area contributed by atoms with Crippen LogP contribution in [0.4, 0.5) is 11.8 Å². The molecule has 126 valence electrons. The van der Waals surface area contributed by atoms with E-state index in [1.165, 1.54) is 0 Å². The first kappa shape index (κ1) is 16.0. The third-order valence-corrected chi connectivity index (χ3v) is 3.77. The fraction of sp³-hybridized carbons (Fsp3) is 0.353. The van der Waals surface area contributed by atoms with E-state index < -0.39 is 0 Å². The Morgan fingerprint density at radius 3 is 2.96 bits per heavy atom. The molecule has 0 unspecified atom stereocenters. The molecule has 0 radical (unpaired) electrons. The SMILES string of the molecule is CN(C)c1nccc(NCCN2Cc3ccccc3OCC2=O)n1. The summed E-state index contributed by atoms with van der Waals surface area (Å²) in [7, 11) is 3.79. The highest BCUT2D eigenvalue weighted by molar-refractivity contribution is 5.78. The Kier molecular flexibility index (Phi) is 4.79. The van der Waals surface area contributed by atoms with Crippen molar-refractivity contribution in [1.29, 1.82) is 0 Å². The minimum absolute atomic E-state index is 0.00957. The van der Waals surface area contributed by atoms with E-state index in [-0.39, 0.29) is 12.5 Å². The van der Waals surface area contributed by atoms with Crippen molar-refractivity contribution in [2.75, 3.05) is 44.0 Å². The lowest BCUT2D eigenvalue weighted by molar-refractivity contribution is -0.133. The van der Waals surface area contributed by atoms with Gasteiger partial charge in [-0.25, -0.2) is 4.98 Å². The Bertz CT molecular complexity index is 720. The Hall–Kier alpha value is -2.83. The predicted octanol–water partition coefficient (Wildman–Crippen LogP) is 1.38. The number of nitrogens with zero attached hydrogens (tertiary/aromatic N) is 4. The number of ether oxygens (including phenoxy) is 1. The zero-order chi connectivity index (χ0) is 16.9. The molecule has 1 aromatic heterocycles. The molecule has 1 amide bonds. The molecule has 2 aromatic rings. The van der Waals surface area contributed by atoms with Crippen molar-refractivity contribution in [2.45, 2.75) is 6.54 Å². The predicted molar refractivity (Wildman–Crippen MR) is 92.2 cm³/mol. The summed E-state index contributed by atoms with van der Waals surface area (Å²) < 4.78 is 5.56. The van der Waals surface area contributed by atoms with Crippen LogP contribution < -0.4 is 15.0 Å². The van der Waals surface area contributed by atoms with Gasteiger partial charge in [0, 0.05) is 45.5 Å². The van der Waals surface area contributed by atoms with Gasteiger partial charge >= 0.3 is 0 Å². The molecule has 0 saturated heterocycles. The molecule has 3 rings (SSSR count). The normalized spacial score (nSPS) is 13.8. The second kappa shape index (κ2) is 7.16. The molecule has 1 aliphatic rings. The van der Waals surface area contributed by atoms with Crippen molar-refractivity contribution >= 4 is 17.7 Å². The highest BCUT2D eigenvalue weighted by Gasteiger charge is 2.20. The topological polar surface area (TPSA) is 70.6 Å². The summed E-state index contributed by atoms with van der Waals surface area (Å²) >= 11 is 0. The average molecular weight is 327 g/mol. The van der Waals surface area contributed by atoms with Gasteiger partial charge in [0.25, 0.3) is 5.91 Å². The maximum absolute atomic E-state index is 12.2. The number of anilines is 2. The van der Waals surface area contributed by atoms with Gasteiger partial charge in [0.1, 0.15) is 11.6 Å². The third kappa shape index (κ3) is 3.73. The van der Waals surface area contributed by atoms with Crippen molar-refractivity contribution in [3.63, 3.8) is 0 Å². The van der Waals surface area contributed by atoms with Crippen LogP contribution in [0.2, 0.25) is 0 Å². The number of nitrogens with one attached hydrogen (secondary N) is 1. The van der Waals surface area contributed by atoms with Gasteiger partial charge in [0.2, 0.25) is 5.95 Å². The van der Waals surface area contributed by atoms with Crippen LogP contribution in [-0.2, 0) is 11.3 Å². The molecule has 0 aliphatic carbocycles. The molecule has 7 heteroatoms. The molecule has 0 atom stereocenters. The second-order valence-corrected chi connectivity index (χ2v) is 5.77. The van der Waals surface area contributed by atoms with Gasteiger partial charge in [-0.3, -0.25) is 4.79 Å². The number of rotatable bonds is 5. The summed E-state index contributed by atoms with van der Waals surface area (Å²) in [4.78, 5) is 24.4. The minimum atomic E-state index is -0.00957. The molecule has 0 spiro atoms. The lowest BCUT2D eigenvalue weighted by Gasteiger charge is -2.20. The number of hydrogen-bond acceptors (Lipinski definition) is 6. The lowest BCUT2D eigenvalue weighted by atomic mass is 10.2. The first-order chi connectivity index (χ1) is 11.6. The largest absolute Gasteiger partial charge is 0.483 e. The van der Waals surface area contributed by atoms with Crippen LogP contribution in [-0.4, -0.2) is 54.6 Å². The highest BCUT2D eigenvalue weighted by atomic mass is 16.5. The van der Waals surface area contributed by atoms with Gasteiger partial charge in [0.15, 0.2) is 6.61 Å². The highest BCUT2D eigenvalue weighted by Crippen LogP contribution is 2.22. The number of aromatic nitrogens is 2. The first-order valence-corrected chi connectivity index (χ1v) is 7.86. The summed E-state index contributed by atoms with van der Waals surface area (Å²) in [5.74, 6) is 2.16. The maximum atomic E-state index is 12.2. The van der Waals surface area contributed by atoms with Crippen molar-refractivity contribution < 1.29 is 9.53 Å². The summed E-state index contributed by atoms with van der Waals surface area (Å²) in [6.07, 6.45) is 1.71. The Labute approximate surface area is 141 Å². The average Bonchev–Trinajstić information content (AvgIpc) is 2.75. The van der Waals surface area contributed by atoms with Crippen molar-refractivity contribution in [1.82, 2.24) is 14.9 Å². The van der Waals surface area contributed by atoms with Gasteiger partial charge in [0.05, 0.1) is 0 Å². The zero-order valence-electron chi connectivity index (χ0n) is 13.9. The molecule has 1 N–H and O–H groups in total. The number of para-hydroxylation sites is 1. The third-order valence-electron chi connectivity index (χ3n) is 3.77. The van der Waals surface area contributed by atoms with Gasteiger partial charge in [-0.2, -0.15) is 4.98 Å². The molecule has 0 saturated carbocycles. The number of hydrogen-bond donors (Lipinski definition) is 1. The first-order valence-electron chi connectivity index (χ1n) is 7.86. The van der Waals surface area contributed by atoms with Crippen LogP contribution >= 0.6 is 0 Å². The van der Waals surface area contributed by atoms with E-state index in [2.05, 4.69) is 15.3 Å². The van der Waals surface area contributed by atoms with Crippen molar-refractivity contribution in [3.05, 3.63) is 42.1 Å². The van der Waals surface area contributed by atoms with E-state index in [4.69, 9.17) is 4.74 Å². The molecule has 0 bridgehead atoms. The number of carbonyl (C=O) groups is 1. The van der Waals surface area contributed by atoms with Crippen LogP contribution in [0, 0.1) is 0 Å². The van der Waals surface area contributed by atoms with Crippen molar-refractivity contribution in [3.8, 4) is 5.75 Å². The molecule has 1 aliphatic heterocycles. The quantitative estimate of drug-likeness (QED) is 0.894. The second-order valence-electron chi connectivity index (χ2n) is 5.77. The van der Waals surface area contributed by atoms with E-state index >= 15 is 0 Å².